The first kappa shape index (κ1) is 14.9. The van der Waals surface area contributed by atoms with E-state index >= 15 is 0 Å². The van der Waals surface area contributed by atoms with Gasteiger partial charge in [0.2, 0.25) is 0 Å². The van der Waals surface area contributed by atoms with E-state index in [1.165, 1.54) is 0 Å². The molecule has 0 fully saturated rings. The van der Waals surface area contributed by atoms with Gasteiger partial charge in [0.05, 0.1) is 0 Å². The Kier molecular flexibility index (Phi) is 8.59. The molecule has 2 atom stereocenters. The van der Waals surface area contributed by atoms with E-state index in [1.54, 1.807) is 0 Å². The normalized spacial score (nSPS) is 13.7. The van der Waals surface area contributed by atoms with E-state index in [2.05, 4.69) is 11.8 Å². The topological polar surface area (TPSA) is 77.8 Å². The zero-order valence-electron chi connectivity index (χ0n) is 9.65. The van der Waals surface area contributed by atoms with Crippen LogP contribution in [0.4, 0.5) is 0 Å². The first-order chi connectivity index (χ1) is 7.56. The minimum atomic E-state index is -0.872. The summed E-state index contributed by atoms with van der Waals surface area (Å²) in [6.07, 6.45) is 1.77. The molecule has 0 aliphatic carbocycles. The highest BCUT2D eigenvalue weighted by molar-refractivity contribution is 5.66. The van der Waals surface area contributed by atoms with Crippen molar-refractivity contribution in [2.45, 2.75) is 57.7 Å². The van der Waals surface area contributed by atoms with Crippen molar-refractivity contribution in [1.82, 2.24) is 0 Å². The van der Waals surface area contributed by atoms with Gasteiger partial charge in [0.25, 0.3) is 0 Å². The number of hydrogen-bond acceptors (Lipinski definition) is 3. The molecule has 0 saturated heterocycles. The Morgan fingerprint density at radius 2 is 1.62 bits per heavy atom. The molecule has 0 bridgehead atoms. The van der Waals surface area contributed by atoms with Gasteiger partial charge in [-0.1, -0.05) is 31.6 Å². The molecule has 4 nitrogen and oxygen atoms in total. The quantitative estimate of drug-likeness (QED) is 0.571. The van der Waals surface area contributed by atoms with Crippen LogP contribution in [0.15, 0.2) is 0 Å². The lowest BCUT2D eigenvalue weighted by Gasteiger charge is -2.03. The van der Waals surface area contributed by atoms with Crippen LogP contribution in [0, 0.1) is 11.8 Å². The third-order valence-corrected chi connectivity index (χ3v) is 2.12. The third kappa shape index (κ3) is 9.50. The molecule has 0 amide bonds. The summed E-state index contributed by atoms with van der Waals surface area (Å²) in [5.41, 5.74) is 0. The summed E-state index contributed by atoms with van der Waals surface area (Å²) < 4.78 is 0. The van der Waals surface area contributed by atoms with E-state index in [-0.39, 0.29) is 6.42 Å². The number of aliphatic carboxylic acids is 1. The second-order valence-electron chi connectivity index (χ2n) is 3.75. The fourth-order valence-electron chi connectivity index (χ4n) is 1.18. The highest BCUT2D eigenvalue weighted by Crippen LogP contribution is 2.02. The van der Waals surface area contributed by atoms with Gasteiger partial charge in [0.1, 0.15) is 12.2 Å². The van der Waals surface area contributed by atoms with Crippen molar-refractivity contribution < 1.29 is 20.1 Å². The SMILES string of the molecule is CCCC[C@@H](O)C#C[C@@H](O)CCCC(=O)O. The Morgan fingerprint density at radius 3 is 2.06 bits per heavy atom. The second kappa shape index (κ2) is 9.20. The first-order valence-corrected chi connectivity index (χ1v) is 5.65. The lowest BCUT2D eigenvalue weighted by molar-refractivity contribution is -0.137. The molecule has 0 aromatic carbocycles. The fraction of sp³-hybridized carbons (Fsp3) is 0.750. The minimum absolute atomic E-state index is 0.0388. The van der Waals surface area contributed by atoms with Crippen LogP contribution in [0.3, 0.4) is 0 Å². The van der Waals surface area contributed by atoms with Gasteiger partial charge in [-0.15, -0.1) is 0 Å². The third-order valence-electron chi connectivity index (χ3n) is 2.12. The molecule has 16 heavy (non-hydrogen) atoms. The molecule has 4 heteroatoms. The number of carboxylic acid groups (broad SMARTS) is 1. The average molecular weight is 228 g/mol. The molecular weight excluding hydrogens is 208 g/mol. The molecular formula is C12H20O4. The van der Waals surface area contributed by atoms with E-state index in [0.717, 1.165) is 12.8 Å². The van der Waals surface area contributed by atoms with E-state index in [1.807, 2.05) is 6.92 Å². The van der Waals surface area contributed by atoms with Gasteiger partial charge in [-0.05, 0) is 19.3 Å². The molecule has 3 N–H and O–H groups in total. The maximum atomic E-state index is 10.2. The predicted octanol–water partition coefficient (Wildman–Crippen LogP) is 1.16. The van der Waals surface area contributed by atoms with Crippen LogP contribution in [0.1, 0.15) is 45.4 Å². The molecule has 0 spiro atoms. The molecule has 0 aromatic rings. The number of unbranched alkanes of at least 4 members (excludes halogenated alkanes) is 1. The molecule has 0 rings (SSSR count). The smallest absolute Gasteiger partial charge is 0.303 e. The van der Waals surface area contributed by atoms with E-state index < -0.39 is 18.2 Å². The second-order valence-corrected chi connectivity index (χ2v) is 3.75. The van der Waals surface area contributed by atoms with E-state index in [0.29, 0.717) is 19.3 Å². The summed E-state index contributed by atoms with van der Waals surface area (Å²) in [6, 6.07) is 0. The Hall–Kier alpha value is -1.05. The van der Waals surface area contributed by atoms with Crippen LogP contribution in [0.2, 0.25) is 0 Å². The summed E-state index contributed by atoms with van der Waals surface area (Å²) >= 11 is 0. The minimum Gasteiger partial charge on any atom is -0.481 e. The summed E-state index contributed by atoms with van der Waals surface area (Å²) in [4.78, 5) is 10.2. The van der Waals surface area contributed by atoms with Gasteiger partial charge in [-0.3, -0.25) is 4.79 Å². The van der Waals surface area contributed by atoms with Gasteiger partial charge in [-0.25, -0.2) is 0 Å². The van der Waals surface area contributed by atoms with Crippen LogP contribution < -0.4 is 0 Å². The average Bonchev–Trinajstić information content (AvgIpc) is 2.23. The largest absolute Gasteiger partial charge is 0.481 e. The van der Waals surface area contributed by atoms with Crippen molar-refractivity contribution in [2.75, 3.05) is 0 Å². The molecule has 0 aliphatic heterocycles. The molecule has 0 radical (unpaired) electrons. The van der Waals surface area contributed by atoms with Crippen molar-refractivity contribution in [3.63, 3.8) is 0 Å². The monoisotopic (exact) mass is 228 g/mol. The number of carboxylic acids is 1. The number of aliphatic hydroxyl groups is 2. The lowest BCUT2D eigenvalue weighted by Crippen LogP contribution is -2.08. The highest BCUT2D eigenvalue weighted by Gasteiger charge is 2.03. The van der Waals surface area contributed by atoms with Crippen molar-refractivity contribution in [3.05, 3.63) is 0 Å². The van der Waals surface area contributed by atoms with Crippen LogP contribution >= 0.6 is 0 Å². The molecule has 0 unspecified atom stereocenters. The molecule has 0 aromatic heterocycles. The van der Waals surface area contributed by atoms with Crippen LogP contribution in [0.25, 0.3) is 0 Å². The Bertz CT molecular complexity index is 251. The lowest BCUT2D eigenvalue weighted by atomic mass is 10.1. The van der Waals surface area contributed by atoms with Crippen LogP contribution in [-0.4, -0.2) is 33.5 Å². The Balaban J connectivity index is 3.71. The van der Waals surface area contributed by atoms with Crippen LogP contribution in [0.5, 0.6) is 0 Å². The Morgan fingerprint density at radius 1 is 1.12 bits per heavy atom. The molecule has 92 valence electrons. The summed E-state index contributed by atoms with van der Waals surface area (Å²) in [5.74, 6) is 4.22. The zero-order valence-corrected chi connectivity index (χ0v) is 9.65. The standard InChI is InChI=1S/C12H20O4/c1-2-3-5-10(13)8-9-11(14)6-4-7-12(15)16/h10-11,13-14H,2-7H2,1H3,(H,15,16)/t10-,11+/m1/s1. The molecule has 0 aliphatic rings. The first-order valence-electron chi connectivity index (χ1n) is 5.65. The molecule has 0 heterocycles. The summed E-state index contributed by atoms with van der Waals surface area (Å²) in [7, 11) is 0. The number of aliphatic hydroxyl groups excluding tert-OH is 2. The number of rotatable bonds is 7. The number of hydrogen-bond donors (Lipinski definition) is 3. The van der Waals surface area contributed by atoms with Gasteiger partial charge < -0.3 is 15.3 Å². The van der Waals surface area contributed by atoms with Crippen molar-refractivity contribution in [2.24, 2.45) is 0 Å². The fourth-order valence-corrected chi connectivity index (χ4v) is 1.18. The maximum absolute atomic E-state index is 10.2. The number of carbonyl (C=O) groups is 1. The van der Waals surface area contributed by atoms with Gasteiger partial charge in [-0.2, -0.15) is 0 Å². The van der Waals surface area contributed by atoms with Gasteiger partial charge >= 0.3 is 5.97 Å². The molecule has 0 saturated carbocycles. The summed E-state index contributed by atoms with van der Waals surface area (Å²) in [6.45, 7) is 2.03. The van der Waals surface area contributed by atoms with Crippen LogP contribution in [-0.2, 0) is 4.79 Å². The zero-order chi connectivity index (χ0) is 12.4. The summed E-state index contributed by atoms with van der Waals surface area (Å²) in [5, 5.41) is 27.1. The van der Waals surface area contributed by atoms with Gasteiger partial charge in [0.15, 0.2) is 0 Å². The van der Waals surface area contributed by atoms with E-state index in [9.17, 15) is 15.0 Å². The maximum Gasteiger partial charge on any atom is 0.303 e. The van der Waals surface area contributed by atoms with Crippen molar-refractivity contribution in [3.8, 4) is 11.8 Å². The predicted molar refractivity (Wildman–Crippen MR) is 60.8 cm³/mol. The van der Waals surface area contributed by atoms with Crippen molar-refractivity contribution in [1.29, 1.82) is 0 Å². The Labute approximate surface area is 96.3 Å². The van der Waals surface area contributed by atoms with Gasteiger partial charge in [0, 0.05) is 6.42 Å². The highest BCUT2D eigenvalue weighted by atomic mass is 16.4. The van der Waals surface area contributed by atoms with Crippen molar-refractivity contribution >= 4 is 5.97 Å². The van der Waals surface area contributed by atoms with E-state index in [4.69, 9.17) is 5.11 Å².